The number of anilines is 1. The van der Waals surface area contributed by atoms with E-state index in [1.54, 1.807) is 42.5 Å². The number of amides is 1. The Labute approximate surface area is 160 Å². The first-order valence-corrected chi connectivity index (χ1v) is 8.70. The zero-order valence-corrected chi connectivity index (χ0v) is 15.1. The van der Waals surface area contributed by atoms with Gasteiger partial charge in [-0.05, 0) is 55.7 Å². The highest BCUT2D eigenvalue weighted by Gasteiger charge is 2.25. The third kappa shape index (κ3) is 4.00. The van der Waals surface area contributed by atoms with E-state index in [2.05, 4.69) is 5.32 Å². The molecule has 134 valence electrons. The molecule has 0 fully saturated rings. The van der Waals surface area contributed by atoms with Gasteiger partial charge in [-0.3, -0.25) is 4.79 Å². The van der Waals surface area contributed by atoms with E-state index in [1.807, 2.05) is 0 Å². The first-order chi connectivity index (χ1) is 12.5. The minimum absolute atomic E-state index is 0.193. The van der Waals surface area contributed by atoms with Gasteiger partial charge in [-0.1, -0.05) is 29.3 Å². The van der Waals surface area contributed by atoms with E-state index < -0.39 is 5.97 Å². The van der Waals surface area contributed by atoms with Crippen molar-refractivity contribution in [2.45, 2.75) is 19.3 Å². The van der Waals surface area contributed by atoms with Gasteiger partial charge in [0.2, 0.25) is 0 Å². The van der Waals surface area contributed by atoms with Crippen LogP contribution in [0.4, 0.5) is 5.69 Å². The molecular weight excluding hydrogens is 377 g/mol. The van der Waals surface area contributed by atoms with Crippen LogP contribution in [-0.2, 0) is 9.59 Å². The van der Waals surface area contributed by atoms with Gasteiger partial charge in [0.25, 0.3) is 5.91 Å². The number of halogens is 2. The summed E-state index contributed by atoms with van der Waals surface area (Å²) in [6.07, 6.45) is 1.57. The number of hydrogen-bond donors (Lipinski definition) is 2. The molecule has 0 unspecified atom stereocenters. The summed E-state index contributed by atoms with van der Waals surface area (Å²) in [5, 5.41) is 12.6. The molecule has 0 saturated carbocycles. The van der Waals surface area contributed by atoms with Crippen LogP contribution in [0.1, 0.15) is 19.3 Å². The summed E-state index contributed by atoms with van der Waals surface area (Å²) in [5.41, 5.74) is 1.07. The first kappa shape index (κ1) is 18.3. The molecule has 2 aromatic rings. The molecule has 0 radical (unpaired) electrons. The van der Waals surface area contributed by atoms with E-state index in [1.165, 1.54) is 0 Å². The third-order valence-electron chi connectivity index (χ3n) is 4.01. The van der Waals surface area contributed by atoms with Crippen LogP contribution in [-0.4, -0.2) is 17.0 Å². The maximum absolute atomic E-state index is 12.3. The second-order valence-electron chi connectivity index (χ2n) is 5.75. The van der Waals surface area contributed by atoms with Gasteiger partial charge in [0, 0.05) is 16.8 Å². The maximum atomic E-state index is 12.3. The zero-order chi connectivity index (χ0) is 18.7. The van der Waals surface area contributed by atoms with Crippen LogP contribution < -0.4 is 10.1 Å². The Kier molecular flexibility index (Phi) is 5.49. The number of ether oxygens (including phenoxy) is 1. The number of carboxylic acids is 1. The lowest BCUT2D eigenvalue weighted by atomic mass is 10.1. The Morgan fingerprint density at radius 2 is 1.69 bits per heavy atom. The van der Waals surface area contributed by atoms with Gasteiger partial charge in [-0.15, -0.1) is 0 Å². The summed E-state index contributed by atoms with van der Waals surface area (Å²) in [4.78, 5) is 23.5. The smallest absolute Gasteiger partial charge is 0.332 e. The molecule has 1 amide bonds. The normalized spacial score (nSPS) is 13.6. The van der Waals surface area contributed by atoms with Gasteiger partial charge in [0.15, 0.2) is 0 Å². The number of aliphatic carboxylic acids is 1. The molecule has 1 aliphatic rings. The molecule has 0 aliphatic heterocycles. The SMILES string of the molecule is O=C(O)C1=C(C(=O)Nc2ccc(Oc3cccc(Cl)c3Cl)cc2)CCC1. The van der Waals surface area contributed by atoms with Crippen LogP contribution in [0, 0.1) is 0 Å². The quantitative estimate of drug-likeness (QED) is 0.725. The Bertz CT molecular complexity index is 891. The molecule has 0 spiro atoms. The van der Waals surface area contributed by atoms with Crippen LogP contribution >= 0.6 is 23.2 Å². The Balaban J connectivity index is 1.70. The predicted molar refractivity (Wildman–Crippen MR) is 100 cm³/mol. The highest BCUT2D eigenvalue weighted by Crippen LogP contribution is 2.35. The van der Waals surface area contributed by atoms with Crippen molar-refractivity contribution in [1.82, 2.24) is 0 Å². The van der Waals surface area contributed by atoms with E-state index in [0.717, 1.165) is 0 Å². The van der Waals surface area contributed by atoms with Crippen molar-refractivity contribution in [3.05, 3.63) is 63.7 Å². The lowest BCUT2D eigenvalue weighted by Crippen LogP contribution is -2.16. The van der Waals surface area contributed by atoms with Crippen LogP contribution in [0.25, 0.3) is 0 Å². The van der Waals surface area contributed by atoms with Crippen molar-refractivity contribution >= 4 is 40.8 Å². The number of carbonyl (C=O) groups is 2. The Morgan fingerprint density at radius 3 is 2.38 bits per heavy atom. The minimum Gasteiger partial charge on any atom is -0.478 e. The number of hydrogen-bond acceptors (Lipinski definition) is 3. The molecule has 0 aromatic heterocycles. The van der Waals surface area contributed by atoms with Crippen molar-refractivity contribution in [2.75, 3.05) is 5.32 Å². The van der Waals surface area contributed by atoms with Crippen molar-refractivity contribution in [1.29, 1.82) is 0 Å². The van der Waals surface area contributed by atoms with Crippen LogP contribution in [0.15, 0.2) is 53.6 Å². The van der Waals surface area contributed by atoms with Crippen LogP contribution in [0.3, 0.4) is 0 Å². The fraction of sp³-hybridized carbons (Fsp3) is 0.158. The highest BCUT2D eigenvalue weighted by atomic mass is 35.5. The largest absolute Gasteiger partial charge is 0.478 e. The standard InChI is InChI=1S/C19H15Cl2NO4/c20-15-5-2-6-16(17(15)21)26-12-9-7-11(8-10-12)22-18(23)13-3-1-4-14(13)19(24)25/h2,5-10H,1,3-4H2,(H,22,23)(H,24,25). The molecule has 0 atom stereocenters. The molecule has 2 N–H and O–H groups in total. The van der Waals surface area contributed by atoms with Gasteiger partial charge in [0.05, 0.1) is 5.02 Å². The summed E-state index contributed by atoms with van der Waals surface area (Å²) in [6, 6.07) is 11.8. The van der Waals surface area contributed by atoms with E-state index in [0.29, 0.717) is 52.1 Å². The van der Waals surface area contributed by atoms with E-state index in [9.17, 15) is 9.59 Å². The lowest BCUT2D eigenvalue weighted by molar-refractivity contribution is -0.133. The summed E-state index contributed by atoms with van der Waals surface area (Å²) in [6.45, 7) is 0. The first-order valence-electron chi connectivity index (χ1n) is 7.94. The number of carboxylic acid groups (broad SMARTS) is 1. The summed E-state index contributed by atoms with van der Waals surface area (Å²) >= 11 is 12.0. The highest BCUT2D eigenvalue weighted by molar-refractivity contribution is 6.42. The van der Waals surface area contributed by atoms with Crippen molar-refractivity contribution in [2.24, 2.45) is 0 Å². The third-order valence-corrected chi connectivity index (χ3v) is 4.81. The number of carbonyl (C=O) groups excluding carboxylic acids is 1. The van der Waals surface area contributed by atoms with Gasteiger partial charge < -0.3 is 15.2 Å². The second kappa shape index (κ2) is 7.81. The Morgan fingerprint density at radius 1 is 1.00 bits per heavy atom. The van der Waals surface area contributed by atoms with Crippen molar-refractivity contribution < 1.29 is 19.4 Å². The molecule has 0 bridgehead atoms. The van der Waals surface area contributed by atoms with Gasteiger partial charge in [-0.25, -0.2) is 4.79 Å². The molecule has 26 heavy (non-hydrogen) atoms. The van der Waals surface area contributed by atoms with E-state index in [4.69, 9.17) is 33.0 Å². The average molecular weight is 392 g/mol. The summed E-state index contributed by atoms with van der Waals surface area (Å²) in [7, 11) is 0. The molecule has 0 heterocycles. The Hall–Kier alpha value is -2.50. The molecule has 2 aromatic carbocycles. The maximum Gasteiger partial charge on any atom is 0.332 e. The second-order valence-corrected chi connectivity index (χ2v) is 6.53. The van der Waals surface area contributed by atoms with Gasteiger partial charge in [-0.2, -0.15) is 0 Å². The van der Waals surface area contributed by atoms with Crippen LogP contribution in [0.5, 0.6) is 11.5 Å². The molecule has 0 saturated heterocycles. The molecule has 5 nitrogen and oxygen atoms in total. The van der Waals surface area contributed by atoms with Gasteiger partial charge >= 0.3 is 5.97 Å². The number of nitrogens with one attached hydrogen (secondary N) is 1. The fourth-order valence-electron chi connectivity index (χ4n) is 2.73. The number of rotatable bonds is 5. The van der Waals surface area contributed by atoms with Crippen molar-refractivity contribution in [3.8, 4) is 11.5 Å². The van der Waals surface area contributed by atoms with Crippen molar-refractivity contribution in [3.63, 3.8) is 0 Å². The van der Waals surface area contributed by atoms with Gasteiger partial charge in [0.1, 0.15) is 16.5 Å². The lowest BCUT2D eigenvalue weighted by Gasteiger charge is -2.10. The van der Waals surface area contributed by atoms with Crippen LogP contribution in [0.2, 0.25) is 10.0 Å². The molecular formula is C19H15Cl2NO4. The topological polar surface area (TPSA) is 75.6 Å². The zero-order valence-electron chi connectivity index (χ0n) is 13.6. The fourth-order valence-corrected chi connectivity index (χ4v) is 3.06. The van der Waals surface area contributed by atoms with E-state index >= 15 is 0 Å². The average Bonchev–Trinajstić information content (AvgIpc) is 3.11. The summed E-state index contributed by atoms with van der Waals surface area (Å²) < 4.78 is 5.68. The monoisotopic (exact) mass is 391 g/mol. The van der Waals surface area contributed by atoms with E-state index in [-0.39, 0.29) is 11.5 Å². The molecule has 3 rings (SSSR count). The predicted octanol–water partition coefficient (Wildman–Crippen LogP) is 5.29. The molecule has 1 aliphatic carbocycles. The molecule has 7 heteroatoms. The summed E-state index contributed by atoms with van der Waals surface area (Å²) in [5.74, 6) is -0.460. The number of benzene rings is 2. The minimum atomic E-state index is -1.03.